The number of rotatable bonds is 7. The molecular formula is C26H26N4O3. The molecule has 4 aromatic rings. The van der Waals surface area contributed by atoms with Gasteiger partial charge in [0.05, 0.1) is 17.8 Å². The Labute approximate surface area is 192 Å². The molecule has 33 heavy (non-hydrogen) atoms. The van der Waals surface area contributed by atoms with Gasteiger partial charge < -0.3 is 14.6 Å². The smallest absolute Gasteiger partial charge is 0.258 e. The summed E-state index contributed by atoms with van der Waals surface area (Å²) >= 11 is 0. The molecule has 2 amide bonds. The van der Waals surface area contributed by atoms with E-state index in [1.54, 1.807) is 24.0 Å². The molecule has 2 aromatic carbocycles. The lowest BCUT2D eigenvalue weighted by Crippen LogP contribution is -2.35. The number of para-hydroxylation sites is 2. The van der Waals surface area contributed by atoms with E-state index < -0.39 is 0 Å². The molecule has 0 bridgehead atoms. The van der Waals surface area contributed by atoms with Crippen LogP contribution < -0.4 is 5.32 Å². The van der Waals surface area contributed by atoms with Crippen molar-refractivity contribution in [1.82, 2.24) is 14.7 Å². The van der Waals surface area contributed by atoms with Crippen LogP contribution in [0.1, 0.15) is 28.6 Å². The van der Waals surface area contributed by atoms with E-state index in [1.165, 1.54) is 4.90 Å². The molecule has 0 spiro atoms. The van der Waals surface area contributed by atoms with Crippen LogP contribution in [0.2, 0.25) is 0 Å². The van der Waals surface area contributed by atoms with Crippen LogP contribution in [0.5, 0.6) is 0 Å². The second-order valence-electron chi connectivity index (χ2n) is 7.80. The minimum atomic E-state index is -0.319. The van der Waals surface area contributed by atoms with Crippen molar-refractivity contribution in [2.45, 2.75) is 20.3 Å². The maximum atomic E-state index is 13.4. The number of nitrogens with zero attached hydrogens (tertiary/aromatic N) is 3. The molecule has 0 fully saturated rings. The second kappa shape index (κ2) is 9.56. The molecule has 0 aliphatic rings. The molecule has 2 heterocycles. The van der Waals surface area contributed by atoms with Gasteiger partial charge in [-0.2, -0.15) is 5.10 Å². The topological polar surface area (TPSA) is 80.4 Å². The van der Waals surface area contributed by atoms with Gasteiger partial charge in [0, 0.05) is 18.9 Å². The van der Waals surface area contributed by atoms with Crippen LogP contribution in [-0.2, 0) is 11.2 Å². The predicted octanol–water partition coefficient (Wildman–Crippen LogP) is 4.71. The summed E-state index contributed by atoms with van der Waals surface area (Å²) in [5, 5.41) is 7.52. The highest BCUT2D eigenvalue weighted by molar-refractivity contribution is 6.02. The maximum Gasteiger partial charge on any atom is 0.258 e. The zero-order valence-electron chi connectivity index (χ0n) is 18.9. The SMILES string of the molecule is CCc1ccccc1NC(=O)CN(C)C(=O)c1cn(-c2ccccc2)nc1-c1ccc(C)o1. The summed E-state index contributed by atoms with van der Waals surface area (Å²) in [6, 6.07) is 20.8. The highest BCUT2D eigenvalue weighted by Gasteiger charge is 2.24. The first kappa shape index (κ1) is 22.1. The zero-order valence-corrected chi connectivity index (χ0v) is 18.9. The van der Waals surface area contributed by atoms with Gasteiger partial charge in [0.15, 0.2) is 5.76 Å². The summed E-state index contributed by atoms with van der Waals surface area (Å²) in [4.78, 5) is 27.4. The first-order chi connectivity index (χ1) is 16.0. The zero-order chi connectivity index (χ0) is 23.4. The molecule has 0 saturated carbocycles. The van der Waals surface area contributed by atoms with Gasteiger partial charge in [-0.3, -0.25) is 9.59 Å². The van der Waals surface area contributed by atoms with Crippen LogP contribution in [0.15, 0.2) is 77.3 Å². The van der Waals surface area contributed by atoms with Gasteiger partial charge in [0.25, 0.3) is 5.91 Å². The number of hydrogen-bond donors (Lipinski definition) is 1. The molecule has 0 unspecified atom stereocenters. The minimum absolute atomic E-state index is 0.0932. The van der Waals surface area contributed by atoms with Crippen LogP contribution in [0.25, 0.3) is 17.1 Å². The normalized spacial score (nSPS) is 10.8. The van der Waals surface area contributed by atoms with E-state index in [2.05, 4.69) is 10.4 Å². The number of hydrogen-bond acceptors (Lipinski definition) is 4. The molecular weight excluding hydrogens is 416 g/mol. The summed E-state index contributed by atoms with van der Waals surface area (Å²) in [6.07, 6.45) is 2.47. The molecule has 0 aliphatic carbocycles. The average molecular weight is 443 g/mol. The number of aromatic nitrogens is 2. The second-order valence-corrected chi connectivity index (χ2v) is 7.80. The predicted molar refractivity (Wildman–Crippen MR) is 127 cm³/mol. The van der Waals surface area contributed by atoms with Gasteiger partial charge in [-0.05, 0) is 49.2 Å². The van der Waals surface area contributed by atoms with E-state index >= 15 is 0 Å². The highest BCUT2D eigenvalue weighted by Crippen LogP contribution is 2.26. The number of aryl methyl sites for hydroxylation is 2. The van der Waals surface area contributed by atoms with E-state index in [-0.39, 0.29) is 18.4 Å². The highest BCUT2D eigenvalue weighted by atomic mass is 16.3. The van der Waals surface area contributed by atoms with Gasteiger partial charge in [-0.25, -0.2) is 4.68 Å². The third kappa shape index (κ3) is 4.87. The van der Waals surface area contributed by atoms with E-state index in [1.807, 2.05) is 74.5 Å². The van der Waals surface area contributed by atoms with Crippen molar-refractivity contribution in [2.24, 2.45) is 0 Å². The van der Waals surface area contributed by atoms with Crippen molar-refractivity contribution in [2.75, 3.05) is 18.9 Å². The summed E-state index contributed by atoms with van der Waals surface area (Å²) in [5.74, 6) is 0.637. The number of amides is 2. The minimum Gasteiger partial charge on any atom is -0.460 e. The standard InChI is InChI=1S/C26H26N4O3/c1-4-19-10-8-9-13-22(19)27-24(31)17-29(3)26(32)21-16-30(20-11-6-5-7-12-20)28-25(21)23-15-14-18(2)33-23/h5-16H,4,17H2,1-3H3,(H,27,31). The molecule has 1 N–H and O–H groups in total. The lowest BCUT2D eigenvalue weighted by atomic mass is 10.1. The Hall–Kier alpha value is -4.13. The molecule has 4 rings (SSSR count). The Morgan fingerprint density at radius 1 is 1.03 bits per heavy atom. The van der Waals surface area contributed by atoms with Crippen LogP contribution in [-0.4, -0.2) is 40.1 Å². The largest absolute Gasteiger partial charge is 0.460 e. The van der Waals surface area contributed by atoms with Crippen LogP contribution >= 0.6 is 0 Å². The van der Waals surface area contributed by atoms with E-state index in [4.69, 9.17) is 4.42 Å². The van der Waals surface area contributed by atoms with Crippen molar-refractivity contribution in [1.29, 1.82) is 0 Å². The summed E-state index contributed by atoms with van der Waals surface area (Å²) in [6.45, 7) is 3.77. The number of furan rings is 1. The fraction of sp³-hybridized carbons (Fsp3) is 0.192. The maximum absolute atomic E-state index is 13.4. The Kier molecular flexibility index (Phi) is 6.40. The molecule has 7 nitrogen and oxygen atoms in total. The van der Waals surface area contributed by atoms with Crippen LogP contribution in [0, 0.1) is 6.92 Å². The Morgan fingerprint density at radius 2 is 1.76 bits per heavy atom. The average Bonchev–Trinajstić information content (AvgIpc) is 3.46. The molecule has 0 aliphatic heterocycles. The van der Waals surface area contributed by atoms with Gasteiger partial charge in [-0.15, -0.1) is 0 Å². The fourth-order valence-corrected chi connectivity index (χ4v) is 3.62. The number of carbonyl (C=O) groups excluding carboxylic acids is 2. The molecule has 7 heteroatoms. The lowest BCUT2D eigenvalue weighted by Gasteiger charge is -2.17. The van der Waals surface area contributed by atoms with Crippen LogP contribution in [0.3, 0.4) is 0 Å². The van der Waals surface area contributed by atoms with E-state index in [9.17, 15) is 9.59 Å². The quantitative estimate of drug-likeness (QED) is 0.449. The number of anilines is 1. The molecule has 0 saturated heterocycles. The summed E-state index contributed by atoms with van der Waals surface area (Å²) in [5.41, 5.74) is 3.41. The van der Waals surface area contributed by atoms with E-state index in [0.717, 1.165) is 29.1 Å². The molecule has 2 aromatic heterocycles. The number of benzene rings is 2. The van der Waals surface area contributed by atoms with Gasteiger partial charge in [0.1, 0.15) is 11.5 Å². The third-order valence-electron chi connectivity index (χ3n) is 5.34. The molecule has 168 valence electrons. The number of likely N-dealkylation sites (N-methyl/N-ethyl adjacent to an activating group) is 1. The lowest BCUT2D eigenvalue weighted by molar-refractivity contribution is -0.116. The van der Waals surface area contributed by atoms with Crippen molar-refractivity contribution in [3.05, 3.63) is 89.8 Å². The van der Waals surface area contributed by atoms with Gasteiger partial charge in [-0.1, -0.05) is 43.3 Å². The monoisotopic (exact) mass is 442 g/mol. The van der Waals surface area contributed by atoms with Crippen molar-refractivity contribution >= 4 is 17.5 Å². The third-order valence-corrected chi connectivity index (χ3v) is 5.34. The first-order valence-electron chi connectivity index (χ1n) is 10.8. The van der Waals surface area contributed by atoms with Gasteiger partial charge in [0.2, 0.25) is 5.91 Å². The Balaban J connectivity index is 1.58. The summed E-state index contributed by atoms with van der Waals surface area (Å²) < 4.78 is 7.39. The van der Waals surface area contributed by atoms with E-state index in [0.29, 0.717) is 17.0 Å². The fourth-order valence-electron chi connectivity index (χ4n) is 3.62. The molecule has 0 atom stereocenters. The van der Waals surface area contributed by atoms with Crippen molar-refractivity contribution in [3.63, 3.8) is 0 Å². The Bertz CT molecular complexity index is 1270. The van der Waals surface area contributed by atoms with Crippen molar-refractivity contribution in [3.8, 4) is 17.1 Å². The van der Waals surface area contributed by atoms with Crippen LogP contribution in [0.4, 0.5) is 5.69 Å². The Morgan fingerprint density at radius 3 is 2.45 bits per heavy atom. The molecule has 0 radical (unpaired) electrons. The summed E-state index contributed by atoms with van der Waals surface area (Å²) in [7, 11) is 1.60. The first-order valence-corrected chi connectivity index (χ1v) is 10.8. The number of carbonyl (C=O) groups is 2. The number of nitrogens with one attached hydrogen (secondary N) is 1. The van der Waals surface area contributed by atoms with Gasteiger partial charge >= 0.3 is 0 Å². The van der Waals surface area contributed by atoms with Crippen molar-refractivity contribution < 1.29 is 14.0 Å².